The van der Waals surface area contributed by atoms with Crippen LogP contribution in [0.2, 0.25) is 0 Å². The number of benzene rings is 4. The minimum atomic E-state index is -0.449. The van der Waals surface area contributed by atoms with Gasteiger partial charge in [-0.1, -0.05) is 116 Å². The number of aromatic hydroxyl groups is 1. The highest BCUT2D eigenvalue weighted by molar-refractivity contribution is 5.53. The van der Waals surface area contributed by atoms with Crippen molar-refractivity contribution < 1.29 is 5.11 Å². The average molecular weight is 364 g/mol. The Kier molecular flexibility index (Phi) is 4.99. The van der Waals surface area contributed by atoms with Crippen LogP contribution < -0.4 is 0 Å². The minimum Gasteiger partial charge on any atom is -0.508 e. The van der Waals surface area contributed by atoms with Gasteiger partial charge >= 0.3 is 0 Å². The Morgan fingerprint density at radius 3 is 1.50 bits per heavy atom. The Morgan fingerprint density at radius 2 is 1.00 bits per heavy atom. The Labute approximate surface area is 166 Å². The van der Waals surface area contributed by atoms with E-state index in [1.165, 1.54) is 16.7 Å². The van der Waals surface area contributed by atoms with Gasteiger partial charge in [0.05, 0.1) is 0 Å². The van der Waals surface area contributed by atoms with Gasteiger partial charge in [-0.25, -0.2) is 0 Å². The predicted octanol–water partition coefficient (Wildman–Crippen LogP) is 6.53. The van der Waals surface area contributed by atoms with Crippen LogP contribution >= 0.6 is 0 Å². The lowest BCUT2D eigenvalue weighted by Crippen LogP contribution is -2.33. The third kappa shape index (κ3) is 3.20. The predicted molar refractivity (Wildman–Crippen MR) is 116 cm³/mol. The largest absolute Gasteiger partial charge is 0.508 e. The van der Waals surface area contributed by atoms with Gasteiger partial charge in [0.1, 0.15) is 5.75 Å². The molecule has 0 aliphatic rings. The lowest BCUT2D eigenvalue weighted by molar-refractivity contribution is 0.428. The van der Waals surface area contributed by atoms with Crippen LogP contribution in [0.1, 0.15) is 35.1 Å². The van der Waals surface area contributed by atoms with Crippen LogP contribution in [-0.4, -0.2) is 5.11 Å². The molecule has 0 amide bonds. The molecule has 1 nitrogen and oxygen atoms in total. The van der Waals surface area contributed by atoms with Crippen molar-refractivity contribution in [2.24, 2.45) is 0 Å². The van der Waals surface area contributed by atoms with E-state index in [1.807, 2.05) is 36.4 Å². The second kappa shape index (κ2) is 7.74. The molecule has 0 aliphatic heterocycles. The SMILES string of the molecule is CC(c1ccccc1)(c1ccccc1O)C(c1ccccc1)c1ccccc1. The topological polar surface area (TPSA) is 20.2 Å². The molecule has 4 aromatic rings. The molecule has 0 saturated carbocycles. The Hall–Kier alpha value is -3.32. The van der Waals surface area contributed by atoms with E-state index < -0.39 is 5.41 Å². The standard InChI is InChI=1S/C27H24O/c1-27(23-17-9-4-10-18-23,24-19-11-12-20-25(24)28)26(21-13-5-2-6-14-21)22-15-7-3-8-16-22/h2-20,26,28H,1H3. The third-order valence-electron chi connectivity index (χ3n) is 5.68. The normalized spacial score (nSPS) is 13.2. The van der Waals surface area contributed by atoms with Crippen LogP contribution in [-0.2, 0) is 5.41 Å². The fourth-order valence-corrected chi connectivity index (χ4v) is 4.32. The van der Waals surface area contributed by atoms with Crippen molar-refractivity contribution in [2.75, 3.05) is 0 Å². The van der Waals surface area contributed by atoms with E-state index in [1.54, 1.807) is 6.07 Å². The molecule has 4 rings (SSSR count). The van der Waals surface area contributed by atoms with Crippen LogP contribution in [0.3, 0.4) is 0 Å². The molecule has 28 heavy (non-hydrogen) atoms. The molecular weight excluding hydrogens is 340 g/mol. The highest BCUT2D eigenvalue weighted by Crippen LogP contribution is 2.50. The van der Waals surface area contributed by atoms with E-state index in [0.717, 1.165) is 5.56 Å². The van der Waals surface area contributed by atoms with Gasteiger partial charge in [-0.3, -0.25) is 0 Å². The summed E-state index contributed by atoms with van der Waals surface area (Å²) in [5.41, 5.74) is 4.11. The maximum atomic E-state index is 10.9. The van der Waals surface area contributed by atoms with Gasteiger partial charge in [0, 0.05) is 16.9 Å². The van der Waals surface area contributed by atoms with Gasteiger partial charge in [0.25, 0.3) is 0 Å². The van der Waals surface area contributed by atoms with E-state index in [2.05, 4.69) is 79.7 Å². The molecule has 0 heterocycles. The van der Waals surface area contributed by atoms with Gasteiger partial charge in [0.2, 0.25) is 0 Å². The van der Waals surface area contributed by atoms with Gasteiger partial charge in [0.15, 0.2) is 0 Å². The maximum absolute atomic E-state index is 10.9. The van der Waals surface area contributed by atoms with Gasteiger partial charge in [-0.2, -0.15) is 0 Å². The summed E-state index contributed by atoms with van der Waals surface area (Å²) in [4.78, 5) is 0. The number of phenolic OH excluding ortho intramolecular Hbond substituents is 1. The zero-order chi connectivity index (χ0) is 19.4. The molecule has 1 heteroatoms. The van der Waals surface area contributed by atoms with Crippen LogP contribution in [0.5, 0.6) is 5.75 Å². The van der Waals surface area contributed by atoms with E-state index in [0.29, 0.717) is 5.75 Å². The number of phenols is 1. The first-order chi connectivity index (χ1) is 13.7. The summed E-state index contributed by atoms with van der Waals surface area (Å²) in [6.07, 6.45) is 0. The quantitative estimate of drug-likeness (QED) is 0.427. The summed E-state index contributed by atoms with van der Waals surface area (Å²) in [5, 5.41) is 10.9. The van der Waals surface area contributed by atoms with Gasteiger partial charge in [-0.05, 0) is 22.8 Å². The van der Waals surface area contributed by atoms with E-state index >= 15 is 0 Å². The van der Waals surface area contributed by atoms with Crippen LogP contribution in [0.25, 0.3) is 0 Å². The molecule has 138 valence electrons. The Bertz CT molecular complexity index is 986. The van der Waals surface area contributed by atoms with Crippen LogP contribution in [0.15, 0.2) is 115 Å². The van der Waals surface area contributed by atoms with Crippen molar-refractivity contribution in [3.05, 3.63) is 138 Å². The highest BCUT2D eigenvalue weighted by atomic mass is 16.3. The first-order valence-corrected chi connectivity index (χ1v) is 9.65. The van der Waals surface area contributed by atoms with E-state index in [-0.39, 0.29) is 5.92 Å². The zero-order valence-electron chi connectivity index (χ0n) is 16.0. The smallest absolute Gasteiger partial charge is 0.119 e. The fraction of sp³-hybridized carbons (Fsp3) is 0.111. The first kappa shape index (κ1) is 18.1. The van der Waals surface area contributed by atoms with E-state index in [4.69, 9.17) is 0 Å². The molecule has 0 aliphatic carbocycles. The van der Waals surface area contributed by atoms with Crippen molar-refractivity contribution in [2.45, 2.75) is 18.3 Å². The maximum Gasteiger partial charge on any atom is 0.119 e. The molecule has 1 N–H and O–H groups in total. The van der Waals surface area contributed by atoms with Gasteiger partial charge in [-0.15, -0.1) is 0 Å². The monoisotopic (exact) mass is 364 g/mol. The van der Waals surface area contributed by atoms with Crippen LogP contribution in [0.4, 0.5) is 0 Å². The molecule has 0 bridgehead atoms. The fourth-order valence-electron chi connectivity index (χ4n) is 4.32. The summed E-state index contributed by atoms with van der Waals surface area (Å²) in [6.45, 7) is 2.24. The molecule has 1 unspecified atom stereocenters. The van der Waals surface area contributed by atoms with Crippen molar-refractivity contribution >= 4 is 0 Å². The van der Waals surface area contributed by atoms with E-state index in [9.17, 15) is 5.11 Å². The second-order valence-corrected chi connectivity index (χ2v) is 7.34. The van der Waals surface area contributed by atoms with Crippen molar-refractivity contribution in [3.63, 3.8) is 0 Å². The van der Waals surface area contributed by atoms with Crippen LogP contribution in [0, 0.1) is 0 Å². The van der Waals surface area contributed by atoms with Gasteiger partial charge < -0.3 is 5.11 Å². The molecule has 0 fully saturated rings. The minimum absolute atomic E-state index is 0.0469. The summed E-state index contributed by atoms with van der Waals surface area (Å²) < 4.78 is 0. The molecule has 4 aromatic carbocycles. The number of rotatable bonds is 5. The Morgan fingerprint density at radius 1 is 0.571 bits per heavy atom. The van der Waals surface area contributed by atoms with Crippen molar-refractivity contribution in [3.8, 4) is 5.75 Å². The number of hydrogen-bond acceptors (Lipinski definition) is 1. The molecule has 1 atom stereocenters. The summed E-state index contributed by atoms with van der Waals surface area (Å²) in [7, 11) is 0. The summed E-state index contributed by atoms with van der Waals surface area (Å²) >= 11 is 0. The molecule has 0 radical (unpaired) electrons. The van der Waals surface area contributed by atoms with Crippen molar-refractivity contribution in [1.29, 1.82) is 0 Å². The summed E-state index contributed by atoms with van der Waals surface area (Å²) in [6, 6.07) is 39.4. The molecule has 0 spiro atoms. The molecule has 0 saturated heterocycles. The number of para-hydroxylation sites is 1. The number of hydrogen-bond donors (Lipinski definition) is 1. The van der Waals surface area contributed by atoms with Crippen molar-refractivity contribution in [1.82, 2.24) is 0 Å². The third-order valence-corrected chi connectivity index (χ3v) is 5.68. The highest BCUT2D eigenvalue weighted by Gasteiger charge is 2.41. The Balaban J connectivity index is 2.04. The lowest BCUT2D eigenvalue weighted by Gasteiger charge is -2.40. The lowest BCUT2D eigenvalue weighted by atomic mass is 9.62. The molecular formula is C27H24O. The second-order valence-electron chi connectivity index (χ2n) is 7.34. The zero-order valence-corrected chi connectivity index (χ0v) is 16.0. The molecule has 0 aromatic heterocycles. The first-order valence-electron chi connectivity index (χ1n) is 9.65. The average Bonchev–Trinajstić information content (AvgIpc) is 2.76. The summed E-state index contributed by atoms with van der Waals surface area (Å²) in [5.74, 6) is 0.372.